The lowest BCUT2D eigenvalue weighted by atomic mass is 9.80. The Morgan fingerprint density at radius 2 is 2.05 bits per heavy atom. The van der Waals surface area contributed by atoms with Crippen LogP contribution < -0.4 is 5.73 Å². The topological polar surface area (TPSA) is 49.5 Å². The van der Waals surface area contributed by atoms with Gasteiger partial charge in [0, 0.05) is 19.1 Å². The van der Waals surface area contributed by atoms with Gasteiger partial charge in [0.05, 0.1) is 6.10 Å². The molecule has 0 saturated carbocycles. The number of β-amino-alcohol motifs (C(OH)–C–C–N with tert-alkyl or cyclic N) is 1. The van der Waals surface area contributed by atoms with E-state index in [9.17, 15) is 5.11 Å². The molecule has 0 radical (unpaired) electrons. The number of aliphatic hydroxyl groups is 1. The maximum atomic E-state index is 9.76. The van der Waals surface area contributed by atoms with Crippen LogP contribution in [-0.2, 0) is 0 Å². The van der Waals surface area contributed by atoms with Gasteiger partial charge in [0.1, 0.15) is 0 Å². The third kappa shape index (κ3) is 3.78. The third-order valence-corrected chi connectivity index (χ3v) is 4.11. The first-order valence-corrected chi connectivity index (χ1v) is 7.20. The number of nitrogens with zero attached hydrogens (tertiary/aromatic N) is 1. The number of nitrogens with two attached hydrogens (primary N) is 1. The van der Waals surface area contributed by atoms with Crippen LogP contribution in [0.1, 0.15) is 38.3 Å². The molecule has 3 N–H and O–H groups in total. The molecule has 3 nitrogen and oxygen atoms in total. The molecule has 0 aliphatic carbocycles. The molecule has 0 amide bonds. The normalized spacial score (nSPS) is 23.3. The standard InChI is InChI=1S/C16H26N2O/c1-16(2,12-18-10-6-9-14(19)11-18)15(17)13-7-4-3-5-8-13/h3-5,7-8,14-15,19H,6,9-12,17H2,1-2H3. The third-order valence-electron chi connectivity index (χ3n) is 4.11. The van der Waals surface area contributed by atoms with Gasteiger partial charge in [0.15, 0.2) is 0 Å². The molecule has 1 heterocycles. The van der Waals surface area contributed by atoms with E-state index in [-0.39, 0.29) is 17.6 Å². The Balaban J connectivity index is 2.01. The Hall–Kier alpha value is -0.900. The number of hydrogen-bond donors (Lipinski definition) is 2. The molecule has 0 spiro atoms. The van der Waals surface area contributed by atoms with Crippen molar-refractivity contribution in [1.29, 1.82) is 0 Å². The largest absolute Gasteiger partial charge is 0.392 e. The predicted octanol–water partition coefficient (Wildman–Crippen LogP) is 2.17. The van der Waals surface area contributed by atoms with E-state index in [1.54, 1.807) is 0 Å². The molecule has 2 atom stereocenters. The summed E-state index contributed by atoms with van der Waals surface area (Å²) >= 11 is 0. The zero-order valence-corrected chi connectivity index (χ0v) is 12.0. The van der Waals surface area contributed by atoms with Gasteiger partial charge < -0.3 is 15.7 Å². The first kappa shape index (κ1) is 14.5. The van der Waals surface area contributed by atoms with Gasteiger partial charge in [-0.15, -0.1) is 0 Å². The first-order chi connectivity index (χ1) is 8.99. The van der Waals surface area contributed by atoms with E-state index in [2.05, 4.69) is 30.9 Å². The van der Waals surface area contributed by atoms with E-state index in [4.69, 9.17) is 5.73 Å². The number of likely N-dealkylation sites (tertiary alicyclic amines) is 1. The summed E-state index contributed by atoms with van der Waals surface area (Å²) < 4.78 is 0. The van der Waals surface area contributed by atoms with E-state index < -0.39 is 0 Å². The fourth-order valence-corrected chi connectivity index (χ4v) is 2.96. The van der Waals surface area contributed by atoms with Gasteiger partial charge in [0.25, 0.3) is 0 Å². The summed E-state index contributed by atoms with van der Waals surface area (Å²) in [5.74, 6) is 0. The summed E-state index contributed by atoms with van der Waals surface area (Å²) in [4.78, 5) is 2.34. The summed E-state index contributed by atoms with van der Waals surface area (Å²) in [6.45, 7) is 7.21. The van der Waals surface area contributed by atoms with Crippen molar-refractivity contribution in [3.05, 3.63) is 35.9 Å². The average Bonchev–Trinajstić information content (AvgIpc) is 2.38. The number of rotatable bonds is 4. The summed E-state index contributed by atoms with van der Waals surface area (Å²) in [5, 5.41) is 9.76. The maximum Gasteiger partial charge on any atom is 0.0667 e. The summed E-state index contributed by atoms with van der Waals surface area (Å²) in [6.07, 6.45) is 1.84. The fraction of sp³-hybridized carbons (Fsp3) is 0.625. The minimum atomic E-state index is -0.169. The van der Waals surface area contributed by atoms with Gasteiger partial charge in [0.2, 0.25) is 0 Å². The zero-order chi connectivity index (χ0) is 13.9. The molecule has 3 heteroatoms. The minimum Gasteiger partial charge on any atom is -0.392 e. The van der Waals surface area contributed by atoms with Crippen LogP contribution in [0.4, 0.5) is 0 Å². The highest BCUT2D eigenvalue weighted by molar-refractivity contribution is 5.20. The van der Waals surface area contributed by atoms with Crippen molar-refractivity contribution in [3.8, 4) is 0 Å². The summed E-state index contributed by atoms with van der Waals surface area (Å²) in [5.41, 5.74) is 7.62. The van der Waals surface area contributed by atoms with Gasteiger partial charge in [-0.2, -0.15) is 0 Å². The maximum absolute atomic E-state index is 9.76. The molecule has 1 fully saturated rings. The van der Waals surface area contributed by atoms with Gasteiger partial charge >= 0.3 is 0 Å². The number of aliphatic hydroxyl groups excluding tert-OH is 1. The smallest absolute Gasteiger partial charge is 0.0667 e. The summed E-state index contributed by atoms with van der Waals surface area (Å²) in [7, 11) is 0. The number of piperidine rings is 1. The lowest BCUT2D eigenvalue weighted by molar-refractivity contribution is 0.0447. The van der Waals surface area contributed by atoms with Crippen LogP contribution in [0.3, 0.4) is 0 Å². The molecule has 106 valence electrons. The van der Waals surface area contributed by atoms with Crippen LogP contribution in [0.2, 0.25) is 0 Å². The van der Waals surface area contributed by atoms with Crippen molar-refractivity contribution in [2.75, 3.05) is 19.6 Å². The lowest BCUT2D eigenvalue weighted by Gasteiger charge is -2.39. The molecular formula is C16H26N2O. The van der Waals surface area contributed by atoms with Crippen LogP contribution in [0.15, 0.2) is 30.3 Å². The molecule has 1 aromatic rings. The highest BCUT2D eigenvalue weighted by Crippen LogP contribution is 2.32. The molecule has 19 heavy (non-hydrogen) atoms. The van der Waals surface area contributed by atoms with E-state index in [0.717, 1.165) is 32.5 Å². The van der Waals surface area contributed by atoms with E-state index in [0.29, 0.717) is 0 Å². The molecule has 2 unspecified atom stereocenters. The van der Waals surface area contributed by atoms with Crippen molar-refractivity contribution in [2.24, 2.45) is 11.1 Å². The lowest BCUT2D eigenvalue weighted by Crippen LogP contribution is -2.46. The molecule has 1 aliphatic heterocycles. The van der Waals surface area contributed by atoms with Crippen LogP contribution in [-0.4, -0.2) is 35.7 Å². The highest BCUT2D eigenvalue weighted by atomic mass is 16.3. The van der Waals surface area contributed by atoms with Crippen molar-refractivity contribution in [3.63, 3.8) is 0 Å². The van der Waals surface area contributed by atoms with Gasteiger partial charge in [-0.3, -0.25) is 0 Å². The predicted molar refractivity (Wildman–Crippen MR) is 78.8 cm³/mol. The van der Waals surface area contributed by atoms with Crippen molar-refractivity contribution in [1.82, 2.24) is 4.90 Å². The van der Waals surface area contributed by atoms with Crippen LogP contribution in [0.25, 0.3) is 0 Å². The second-order valence-corrected chi connectivity index (χ2v) is 6.41. The average molecular weight is 262 g/mol. The first-order valence-electron chi connectivity index (χ1n) is 7.20. The zero-order valence-electron chi connectivity index (χ0n) is 12.0. The second kappa shape index (κ2) is 6.04. The number of benzene rings is 1. The van der Waals surface area contributed by atoms with Crippen molar-refractivity contribution < 1.29 is 5.11 Å². The number of hydrogen-bond acceptors (Lipinski definition) is 3. The Morgan fingerprint density at radius 3 is 2.68 bits per heavy atom. The van der Waals surface area contributed by atoms with E-state index >= 15 is 0 Å². The van der Waals surface area contributed by atoms with E-state index in [1.807, 2.05) is 18.2 Å². The second-order valence-electron chi connectivity index (χ2n) is 6.41. The fourth-order valence-electron chi connectivity index (χ4n) is 2.96. The summed E-state index contributed by atoms with van der Waals surface area (Å²) in [6, 6.07) is 10.3. The Bertz CT molecular complexity index is 391. The molecule has 1 saturated heterocycles. The Labute approximate surface area is 116 Å². The van der Waals surface area contributed by atoms with Gasteiger partial charge in [-0.05, 0) is 30.4 Å². The van der Waals surface area contributed by atoms with E-state index in [1.165, 1.54) is 5.56 Å². The Morgan fingerprint density at radius 1 is 1.37 bits per heavy atom. The van der Waals surface area contributed by atoms with Crippen LogP contribution >= 0.6 is 0 Å². The quantitative estimate of drug-likeness (QED) is 0.874. The van der Waals surface area contributed by atoms with Gasteiger partial charge in [-0.1, -0.05) is 44.2 Å². The molecule has 2 rings (SSSR count). The minimum absolute atomic E-state index is 0.00157. The molecule has 1 aromatic carbocycles. The Kier molecular flexibility index (Phi) is 4.61. The molecule has 1 aliphatic rings. The van der Waals surface area contributed by atoms with Crippen molar-refractivity contribution in [2.45, 2.75) is 38.8 Å². The van der Waals surface area contributed by atoms with Crippen LogP contribution in [0, 0.1) is 5.41 Å². The highest BCUT2D eigenvalue weighted by Gasteiger charge is 2.31. The van der Waals surface area contributed by atoms with Crippen molar-refractivity contribution >= 4 is 0 Å². The SMILES string of the molecule is CC(C)(CN1CCCC(O)C1)C(N)c1ccccc1. The molecule has 0 aromatic heterocycles. The molecule has 0 bridgehead atoms. The van der Waals surface area contributed by atoms with Crippen LogP contribution in [0.5, 0.6) is 0 Å². The molecular weight excluding hydrogens is 236 g/mol. The van der Waals surface area contributed by atoms with Gasteiger partial charge in [-0.25, -0.2) is 0 Å². The monoisotopic (exact) mass is 262 g/mol.